The van der Waals surface area contributed by atoms with Crippen molar-refractivity contribution in [3.05, 3.63) is 78.0 Å². The molecule has 0 spiro atoms. The van der Waals surface area contributed by atoms with Gasteiger partial charge in [-0.2, -0.15) is 5.10 Å². The highest BCUT2D eigenvalue weighted by molar-refractivity contribution is 5.15. The van der Waals surface area contributed by atoms with Crippen LogP contribution in [0.4, 0.5) is 0 Å². The number of aryl methyl sites for hydroxylation is 1. The van der Waals surface area contributed by atoms with E-state index in [0.717, 1.165) is 18.7 Å². The third-order valence-corrected chi connectivity index (χ3v) is 3.72. The highest BCUT2D eigenvalue weighted by Gasteiger charge is 2.17. The maximum Gasteiger partial charge on any atom is 0.133 e. The van der Waals surface area contributed by atoms with E-state index in [1.165, 1.54) is 5.56 Å². The van der Waals surface area contributed by atoms with E-state index in [-0.39, 0.29) is 0 Å². The molecule has 120 valence electrons. The average molecular weight is 311 g/mol. The van der Waals surface area contributed by atoms with Gasteiger partial charge in [-0.3, -0.25) is 9.58 Å². The molecule has 0 saturated carbocycles. The molecule has 0 unspecified atom stereocenters. The second-order valence-electron chi connectivity index (χ2n) is 5.71. The Morgan fingerprint density at radius 1 is 1.13 bits per heavy atom. The van der Waals surface area contributed by atoms with Gasteiger partial charge in [-0.1, -0.05) is 30.3 Å². The van der Waals surface area contributed by atoms with E-state index in [1.807, 2.05) is 37.6 Å². The van der Waals surface area contributed by atoms with Crippen LogP contribution < -0.4 is 0 Å². The molecule has 3 aromatic rings. The Balaban J connectivity index is 1.72. The quantitative estimate of drug-likeness (QED) is 0.729. The SMILES string of the molecule is Cn1cc(CN(Cc2ccccc2)C[C@@H](O)c2ccco2)cn1. The van der Waals surface area contributed by atoms with Crippen LogP contribution in [0.2, 0.25) is 0 Å². The Morgan fingerprint density at radius 2 is 1.91 bits per heavy atom. The summed E-state index contributed by atoms with van der Waals surface area (Å²) >= 11 is 0. The molecule has 1 aromatic carbocycles. The van der Waals surface area contributed by atoms with Gasteiger partial charge >= 0.3 is 0 Å². The Morgan fingerprint density at radius 3 is 2.57 bits per heavy atom. The van der Waals surface area contributed by atoms with Gasteiger partial charge < -0.3 is 9.52 Å². The predicted octanol–water partition coefficient (Wildman–Crippen LogP) is 2.75. The Bertz CT molecular complexity index is 707. The summed E-state index contributed by atoms with van der Waals surface area (Å²) in [5.41, 5.74) is 2.33. The minimum absolute atomic E-state index is 0.497. The van der Waals surface area contributed by atoms with E-state index >= 15 is 0 Å². The molecule has 1 N–H and O–H groups in total. The molecule has 0 amide bonds. The lowest BCUT2D eigenvalue weighted by Crippen LogP contribution is -2.27. The fourth-order valence-electron chi connectivity index (χ4n) is 2.65. The monoisotopic (exact) mass is 311 g/mol. The van der Waals surface area contributed by atoms with Gasteiger partial charge in [0.2, 0.25) is 0 Å². The van der Waals surface area contributed by atoms with Crippen LogP contribution in [-0.4, -0.2) is 26.3 Å². The van der Waals surface area contributed by atoms with Gasteiger partial charge in [-0.25, -0.2) is 0 Å². The van der Waals surface area contributed by atoms with Gasteiger partial charge in [0, 0.05) is 38.4 Å². The molecule has 0 bridgehead atoms. The van der Waals surface area contributed by atoms with Crippen LogP contribution in [0.25, 0.3) is 0 Å². The van der Waals surface area contributed by atoms with Crippen LogP contribution in [0.1, 0.15) is 23.0 Å². The van der Waals surface area contributed by atoms with Crippen molar-refractivity contribution in [1.82, 2.24) is 14.7 Å². The maximum absolute atomic E-state index is 10.4. The molecular formula is C18H21N3O2. The van der Waals surface area contributed by atoms with Crippen molar-refractivity contribution in [1.29, 1.82) is 0 Å². The molecular weight excluding hydrogens is 290 g/mol. The fourth-order valence-corrected chi connectivity index (χ4v) is 2.65. The second kappa shape index (κ2) is 7.26. The zero-order valence-electron chi connectivity index (χ0n) is 13.2. The largest absolute Gasteiger partial charge is 0.467 e. The standard InChI is InChI=1S/C18H21N3O2/c1-20-11-16(10-19-20)13-21(12-15-6-3-2-4-7-15)14-17(22)18-8-5-9-23-18/h2-11,17,22H,12-14H2,1H3/t17-/m1/s1. The van der Waals surface area contributed by atoms with Crippen LogP contribution in [0.3, 0.4) is 0 Å². The smallest absolute Gasteiger partial charge is 0.133 e. The first-order valence-electron chi connectivity index (χ1n) is 7.66. The number of aromatic nitrogens is 2. The van der Waals surface area contributed by atoms with Crippen molar-refractivity contribution in [2.24, 2.45) is 7.05 Å². The van der Waals surface area contributed by atoms with Crippen LogP contribution in [0, 0.1) is 0 Å². The van der Waals surface area contributed by atoms with Gasteiger partial charge in [0.15, 0.2) is 0 Å². The van der Waals surface area contributed by atoms with Gasteiger partial charge in [0.1, 0.15) is 11.9 Å². The number of hydrogen-bond acceptors (Lipinski definition) is 4. The molecule has 0 radical (unpaired) electrons. The summed E-state index contributed by atoms with van der Waals surface area (Å²) in [4.78, 5) is 2.19. The van der Waals surface area contributed by atoms with Crippen molar-refractivity contribution < 1.29 is 9.52 Å². The van der Waals surface area contributed by atoms with Crippen LogP contribution in [-0.2, 0) is 20.1 Å². The van der Waals surface area contributed by atoms with E-state index < -0.39 is 6.10 Å². The number of hydrogen-bond donors (Lipinski definition) is 1. The highest BCUT2D eigenvalue weighted by Crippen LogP contribution is 2.18. The first kappa shape index (κ1) is 15.5. The Labute approximate surface area is 135 Å². The fraction of sp³-hybridized carbons (Fsp3) is 0.278. The highest BCUT2D eigenvalue weighted by atomic mass is 16.4. The molecule has 0 aliphatic carbocycles. The van der Waals surface area contributed by atoms with Crippen molar-refractivity contribution in [3.8, 4) is 0 Å². The summed E-state index contributed by atoms with van der Waals surface area (Å²) in [6.45, 7) is 1.98. The molecule has 2 aromatic heterocycles. The lowest BCUT2D eigenvalue weighted by Gasteiger charge is -2.24. The first-order valence-corrected chi connectivity index (χ1v) is 7.66. The molecule has 0 aliphatic heterocycles. The zero-order chi connectivity index (χ0) is 16.1. The minimum Gasteiger partial charge on any atom is -0.467 e. The van der Waals surface area contributed by atoms with Crippen LogP contribution in [0.15, 0.2) is 65.5 Å². The molecule has 0 aliphatic rings. The molecule has 0 saturated heterocycles. The van der Waals surface area contributed by atoms with Crippen LogP contribution in [0.5, 0.6) is 0 Å². The first-order chi connectivity index (χ1) is 11.2. The second-order valence-corrected chi connectivity index (χ2v) is 5.71. The molecule has 5 heteroatoms. The van der Waals surface area contributed by atoms with E-state index in [4.69, 9.17) is 4.42 Å². The molecule has 1 atom stereocenters. The van der Waals surface area contributed by atoms with Crippen molar-refractivity contribution >= 4 is 0 Å². The molecule has 2 heterocycles. The molecule has 5 nitrogen and oxygen atoms in total. The third kappa shape index (κ3) is 4.31. The number of furan rings is 1. The normalized spacial score (nSPS) is 12.7. The van der Waals surface area contributed by atoms with Gasteiger partial charge in [0.25, 0.3) is 0 Å². The lowest BCUT2D eigenvalue weighted by molar-refractivity contribution is 0.0873. The number of nitrogens with zero attached hydrogens (tertiary/aromatic N) is 3. The number of aliphatic hydroxyl groups excluding tert-OH is 1. The Kier molecular flexibility index (Phi) is 4.90. The molecule has 3 rings (SSSR count). The maximum atomic E-state index is 10.4. The summed E-state index contributed by atoms with van der Waals surface area (Å²) < 4.78 is 7.10. The predicted molar refractivity (Wildman–Crippen MR) is 87.4 cm³/mol. The summed E-state index contributed by atoms with van der Waals surface area (Å²) in [5.74, 6) is 0.592. The van der Waals surface area contributed by atoms with Gasteiger partial charge in [-0.05, 0) is 17.7 Å². The van der Waals surface area contributed by atoms with Crippen LogP contribution >= 0.6 is 0 Å². The van der Waals surface area contributed by atoms with Gasteiger partial charge in [0.05, 0.1) is 12.5 Å². The summed E-state index contributed by atoms with van der Waals surface area (Å²) in [6.07, 6.45) is 4.79. The summed E-state index contributed by atoms with van der Waals surface area (Å²) in [5, 5.41) is 14.6. The zero-order valence-corrected chi connectivity index (χ0v) is 13.2. The minimum atomic E-state index is -0.648. The molecule has 23 heavy (non-hydrogen) atoms. The average Bonchev–Trinajstić information content (AvgIpc) is 3.20. The third-order valence-electron chi connectivity index (χ3n) is 3.72. The lowest BCUT2D eigenvalue weighted by atomic mass is 10.1. The van der Waals surface area contributed by atoms with E-state index in [0.29, 0.717) is 12.3 Å². The summed E-state index contributed by atoms with van der Waals surface area (Å²) in [7, 11) is 1.91. The van der Waals surface area contributed by atoms with E-state index in [1.54, 1.807) is 23.1 Å². The topological polar surface area (TPSA) is 54.4 Å². The van der Waals surface area contributed by atoms with Gasteiger partial charge in [-0.15, -0.1) is 0 Å². The van der Waals surface area contributed by atoms with E-state index in [9.17, 15) is 5.11 Å². The number of aliphatic hydroxyl groups is 1. The Hall–Kier alpha value is -2.37. The van der Waals surface area contributed by atoms with Crippen molar-refractivity contribution in [2.75, 3.05) is 6.54 Å². The van der Waals surface area contributed by atoms with Crippen molar-refractivity contribution in [3.63, 3.8) is 0 Å². The summed E-state index contributed by atoms with van der Waals surface area (Å²) in [6, 6.07) is 13.8. The number of benzene rings is 1. The number of rotatable bonds is 7. The van der Waals surface area contributed by atoms with Crippen molar-refractivity contribution in [2.45, 2.75) is 19.2 Å². The molecule has 0 fully saturated rings. The van der Waals surface area contributed by atoms with E-state index in [2.05, 4.69) is 22.1 Å².